The normalized spacial score (nSPS) is 7.08. The third-order valence-corrected chi connectivity index (χ3v) is 1.14. The summed E-state index contributed by atoms with van der Waals surface area (Å²) in [6.45, 7) is 0.884. The molecule has 0 saturated heterocycles. The third-order valence-electron chi connectivity index (χ3n) is 1.14. The number of nitrogens with zero attached hydrogens (tertiary/aromatic N) is 1. The van der Waals surface area contributed by atoms with E-state index in [0.717, 1.165) is 0 Å². The van der Waals surface area contributed by atoms with Crippen LogP contribution in [-0.2, 0) is 6.54 Å². The van der Waals surface area contributed by atoms with Gasteiger partial charge in [0.1, 0.15) is 6.61 Å². The minimum atomic E-state index is 0. The Morgan fingerprint density at radius 1 is 0.917 bits per heavy atom. The first kappa shape index (κ1) is 18.4. The molecular formula is C7H13Br3NO+. The molecule has 2 nitrogen and oxygen atoms in total. The molecule has 0 fully saturated rings. The van der Waals surface area contributed by atoms with E-state index in [-0.39, 0.29) is 57.6 Å². The largest absolute Gasteiger partial charge is 0.390 e. The molecule has 0 amide bonds. The van der Waals surface area contributed by atoms with E-state index < -0.39 is 0 Å². The molecule has 0 aliphatic rings. The minimum Gasteiger partial charge on any atom is -0.390 e. The van der Waals surface area contributed by atoms with E-state index in [0.29, 0.717) is 6.54 Å². The van der Waals surface area contributed by atoms with Gasteiger partial charge in [-0.25, -0.2) is 4.57 Å². The van der Waals surface area contributed by atoms with Crippen LogP contribution in [-0.4, -0.2) is 11.7 Å². The molecule has 1 aromatic heterocycles. The quantitative estimate of drug-likeness (QED) is 0.791. The second kappa shape index (κ2) is 11.6. The van der Waals surface area contributed by atoms with Crippen LogP contribution in [0.1, 0.15) is 0 Å². The number of halogens is 3. The predicted molar refractivity (Wildman–Crippen MR) is 64.7 cm³/mol. The fourth-order valence-corrected chi connectivity index (χ4v) is 0.699. The summed E-state index contributed by atoms with van der Waals surface area (Å²) in [4.78, 5) is 0. The molecule has 0 aliphatic heterocycles. The van der Waals surface area contributed by atoms with E-state index in [9.17, 15) is 0 Å². The minimum absolute atomic E-state index is 0. The molecular weight excluding hydrogens is 354 g/mol. The number of hydrogen-bond donors (Lipinski definition) is 1. The molecule has 72 valence electrons. The molecule has 0 saturated carbocycles. The highest BCUT2D eigenvalue weighted by Gasteiger charge is 1.91. The smallest absolute Gasteiger partial charge is 0.171 e. The van der Waals surface area contributed by atoms with Gasteiger partial charge < -0.3 is 5.11 Å². The highest BCUT2D eigenvalue weighted by molar-refractivity contribution is 8.93. The maximum absolute atomic E-state index is 8.50. The lowest BCUT2D eigenvalue weighted by Gasteiger charge is -1.88. The predicted octanol–water partition coefficient (Wildman–Crippen LogP) is 1.70. The second-order valence-corrected chi connectivity index (χ2v) is 1.84. The Labute approximate surface area is 104 Å². The average Bonchev–Trinajstić information content (AvgIpc) is 1.91. The Kier molecular flexibility index (Phi) is 17.7. The Bertz CT molecular complexity index is 172. The Hall–Kier alpha value is 0.550. The van der Waals surface area contributed by atoms with Gasteiger partial charge in [-0.15, -0.1) is 50.9 Å². The molecule has 0 spiro atoms. The van der Waals surface area contributed by atoms with Crippen LogP contribution in [0.25, 0.3) is 0 Å². The van der Waals surface area contributed by atoms with E-state index in [4.69, 9.17) is 5.11 Å². The van der Waals surface area contributed by atoms with E-state index in [1.807, 2.05) is 35.2 Å². The SMILES string of the molecule is Br.Br.Br.OCC[n+]1ccccc1. The topological polar surface area (TPSA) is 24.1 Å². The van der Waals surface area contributed by atoms with Crippen molar-refractivity contribution in [2.75, 3.05) is 6.61 Å². The molecule has 0 atom stereocenters. The average molecular weight is 367 g/mol. The Morgan fingerprint density at radius 3 is 1.83 bits per heavy atom. The maximum Gasteiger partial charge on any atom is 0.171 e. The van der Waals surface area contributed by atoms with Crippen molar-refractivity contribution < 1.29 is 9.67 Å². The van der Waals surface area contributed by atoms with Gasteiger partial charge in [0.2, 0.25) is 0 Å². The van der Waals surface area contributed by atoms with Crippen molar-refractivity contribution in [1.82, 2.24) is 0 Å². The summed E-state index contributed by atoms with van der Waals surface area (Å²) in [6.07, 6.45) is 3.85. The van der Waals surface area contributed by atoms with Gasteiger partial charge in [0.15, 0.2) is 18.9 Å². The van der Waals surface area contributed by atoms with Crippen LogP contribution in [0.3, 0.4) is 0 Å². The van der Waals surface area contributed by atoms with Gasteiger partial charge in [0, 0.05) is 12.1 Å². The summed E-state index contributed by atoms with van der Waals surface area (Å²) in [5.41, 5.74) is 0. The molecule has 1 N–H and O–H groups in total. The van der Waals surface area contributed by atoms with Gasteiger partial charge in [-0.3, -0.25) is 0 Å². The first-order valence-corrected chi connectivity index (χ1v) is 2.98. The number of hydrogen-bond acceptors (Lipinski definition) is 1. The van der Waals surface area contributed by atoms with E-state index in [1.165, 1.54) is 0 Å². The molecule has 0 radical (unpaired) electrons. The number of pyridine rings is 1. The Morgan fingerprint density at radius 2 is 1.42 bits per heavy atom. The van der Waals surface area contributed by atoms with Crippen molar-refractivity contribution >= 4 is 50.9 Å². The molecule has 0 aromatic carbocycles. The van der Waals surface area contributed by atoms with Gasteiger partial charge in [0.05, 0.1) is 0 Å². The summed E-state index contributed by atoms with van der Waals surface area (Å²) in [5.74, 6) is 0. The molecule has 1 heterocycles. The number of rotatable bonds is 2. The fraction of sp³-hybridized carbons (Fsp3) is 0.286. The van der Waals surface area contributed by atoms with Gasteiger partial charge in [-0.1, -0.05) is 6.07 Å². The first-order valence-electron chi connectivity index (χ1n) is 2.98. The fourth-order valence-electron chi connectivity index (χ4n) is 0.699. The Balaban J connectivity index is -0.000000270. The van der Waals surface area contributed by atoms with E-state index in [2.05, 4.69) is 0 Å². The zero-order chi connectivity index (χ0) is 6.53. The van der Waals surface area contributed by atoms with Gasteiger partial charge in [0.25, 0.3) is 0 Å². The summed E-state index contributed by atoms with van der Waals surface area (Å²) in [5, 5.41) is 8.50. The molecule has 12 heavy (non-hydrogen) atoms. The van der Waals surface area contributed by atoms with Crippen molar-refractivity contribution in [3.05, 3.63) is 30.6 Å². The van der Waals surface area contributed by atoms with Crippen molar-refractivity contribution in [1.29, 1.82) is 0 Å². The van der Waals surface area contributed by atoms with Crippen LogP contribution >= 0.6 is 50.9 Å². The molecule has 0 aliphatic carbocycles. The highest BCUT2D eigenvalue weighted by atomic mass is 79.9. The van der Waals surface area contributed by atoms with Crippen molar-refractivity contribution in [2.24, 2.45) is 0 Å². The van der Waals surface area contributed by atoms with E-state index in [1.54, 1.807) is 0 Å². The summed E-state index contributed by atoms with van der Waals surface area (Å²) in [7, 11) is 0. The first-order chi connectivity index (χ1) is 4.43. The third kappa shape index (κ3) is 7.21. The number of aromatic nitrogens is 1. The van der Waals surface area contributed by atoms with Crippen LogP contribution in [0.4, 0.5) is 0 Å². The molecule has 5 heteroatoms. The summed E-state index contributed by atoms with van der Waals surface area (Å²) >= 11 is 0. The zero-order valence-corrected chi connectivity index (χ0v) is 11.6. The number of aliphatic hydroxyl groups excluding tert-OH is 1. The second-order valence-electron chi connectivity index (χ2n) is 1.84. The van der Waals surface area contributed by atoms with Crippen LogP contribution in [0.15, 0.2) is 30.6 Å². The van der Waals surface area contributed by atoms with Crippen molar-refractivity contribution in [3.63, 3.8) is 0 Å². The molecule has 1 rings (SSSR count). The number of aliphatic hydroxyl groups is 1. The maximum atomic E-state index is 8.50. The van der Waals surface area contributed by atoms with Crippen molar-refractivity contribution in [2.45, 2.75) is 6.54 Å². The van der Waals surface area contributed by atoms with Crippen LogP contribution in [0.2, 0.25) is 0 Å². The van der Waals surface area contributed by atoms with E-state index >= 15 is 0 Å². The van der Waals surface area contributed by atoms with Crippen LogP contribution < -0.4 is 4.57 Å². The monoisotopic (exact) mass is 364 g/mol. The summed E-state index contributed by atoms with van der Waals surface area (Å²) < 4.78 is 1.93. The lowest BCUT2D eigenvalue weighted by molar-refractivity contribution is -0.698. The van der Waals surface area contributed by atoms with Crippen molar-refractivity contribution in [3.8, 4) is 0 Å². The molecule has 0 unspecified atom stereocenters. The van der Waals surface area contributed by atoms with Gasteiger partial charge in [-0.05, 0) is 0 Å². The molecule has 0 bridgehead atoms. The van der Waals surface area contributed by atoms with Gasteiger partial charge in [-0.2, -0.15) is 0 Å². The van der Waals surface area contributed by atoms with Crippen LogP contribution in [0, 0.1) is 0 Å². The zero-order valence-electron chi connectivity index (χ0n) is 6.42. The highest BCUT2D eigenvalue weighted by Crippen LogP contribution is 1.75. The van der Waals surface area contributed by atoms with Crippen LogP contribution in [0.5, 0.6) is 0 Å². The standard InChI is InChI=1S/C7H10NO.3BrH/c9-7-6-8-4-2-1-3-5-8;;;/h1-5,9H,6-7H2;3*1H/q+1;;;. The lowest BCUT2D eigenvalue weighted by Crippen LogP contribution is -2.33. The molecule has 1 aromatic rings. The van der Waals surface area contributed by atoms with Gasteiger partial charge >= 0.3 is 0 Å². The lowest BCUT2D eigenvalue weighted by atomic mass is 10.5. The summed E-state index contributed by atoms with van der Waals surface area (Å²) in [6, 6.07) is 5.83.